The maximum absolute atomic E-state index is 9.26. The summed E-state index contributed by atoms with van der Waals surface area (Å²) in [5.41, 5.74) is 3.41. The minimum Gasteiger partial charge on any atom is -0.497 e. The molecule has 4 aromatic rings. The summed E-state index contributed by atoms with van der Waals surface area (Å²) in [6.07, 6.45) is 1.76. The van der Waals surface area contributed by atoms with Gasteiger partial charge in [0.25, 0.3) is 0 Å². The Bertz CT molecular complexity index is 1070. The van der Waals surface area contributed by atoms with Crippen LogP contribution in [-0.2, 0) is 6.61 Å². The van der Waals surface area contributed by atoms with E-state index in [2.05, 4.69) is 15.0 Å². The Kier molecular flexibility index (Phi) is 3.74. The molecule has 0 aliphatic rings. The van der Waals surface area contributed by atoms with Gasteiger partial charge in [-0.2, -0.15) is 0 Å². The SMILES string of the molecule is COc1cc(OC)c2cnc(-c3ccc4[nH]c(CO)cc4c3)nc2c1. The van der Waals surface area contributed by atoms with E-state index in [0.717, 1.165) is 33.1 Å². The minimum absolute atomic E-state index is 0.0178. The number of benzene rings is 2. The monoisotopic (exact) mass is 335 g/mol. The summed E-state index contributed by atoms with van der Waals surface area (Å²) in [7, 11) is 3.22. The summed E-state index contributed by atoms with van der Waals surface area (Å²) in [5.74, 6) is 1.98. The molecule has 6 heteroatoms. The number of aliphatic hydroxyl groups excluding tert-OH is 1. The van der Waals surface area contributed by atoms with Crippen molar-refractivity contribution < 1.29 is 14.6 Å². The van der Waals surface area contributed by atoms with Gasteiger partial charge in [0.05, 0.1) is 31.7 Å². The molecule has 6 nitrogen and oxygen atoms in total. The molecule has 0 aliphatic carbocycles. The van der Waals surface area contributed by atoms with Crippen LogP contribution in [0.3, 0.4) is 0 Å². The Morgan fingerprint density at radius 1 is 1.08 bits per heavy atom. The number of nitrogens with one attached hydrogen (secondary N) is 1. The molecule has 126 valence electrons. The lowest BCUT2D eigenvalue weighted by Crippen LogP contribution is -1.94. The Labute approximate surface area is 144 Å². The number of hydrogen-bond donors (Lipinski definition) is 2. The number of ether oxygens (including phenoxy) is 2. The van der Waals surface area contributed by atoms with Crippen molar-refractivity contribution in [2.45, 2.75) is 6.61 Å². The summed E-state index contributed by atoms with van der Waals surface area (Å²) in [4.78, 5) is 12.3. The van der Waals surface area contributed by atoms with E-state index < -0.39 is 0 Å². The third kappa shape index (κ3) is 2.66. The van der Waals surface area contributed by atoms with Crippen LogP contribution in [0.2, 0.25) is 0 Å². The molecule has 4 rings (SSSR count). The molecular weight excluding hydrogens is 318 g/mol. The first-order valence-electron chi connectivity index (χ1n) is 7.83. The smallest absolute Gasteiger partial charge is 0.159 e. The largest absolute Gasteiger partial charge is 0.497 e. The van der Waals surface area contributed by atoms with Crippen molar-refractivity contribution in [1.29, 1.82) is 0 Å². The highest BCUT2D eigenvalue weighted by Gasteiger charge is 2.10. The number of H-pyrrole nitrogens is 1. The number of methoxy groups -OCH3 is 2. The molecule has 0 fully saturated rings. The molecule has 0 radical (unpaired) electrons. The molecule has 2 aromatic carbocycles. The van der Waals surface area contributed by atoms with Crippen LogP contribution in [0.1, 0.15) is 5.69 Å². The van der Waals surface area contributed by atoms with Crippen molar-refractivity contribution >= 4 is 21.8 Å². The summed E-state index contributed by atoms with van der Waals surface area (Å²) in [5, 5.41) is 11.1. The third-order valence-corrected chi connectivity index (χ3v) is 4.20. The molecule has 0 saturated carbocycles. The lowest BCUT2D eigenvalue weighted by atomic mass is 10.1. The van der Waals surface area contributed by atoms with Gasteiger partial charge in [-0.1, -0.05) is 0 Å². The Morgan fingerprint density at radius 2 is 1.96 bits per heavy atom. The first kappa shape index (κ1) is 15.4. The number of hydrogen-bond acceptors (Lipinski definition) is 5. The summed E-state index contributed by atoms with van der Waals surface area (Å²) >= 11 is 0. The first-order chi connectivity index (χ1) is 12.2. The quantitative estimate of drug-likeness (QED) is 0.598. The normalized spacial score (nSPS) is 11.2. The van der Waals surface area contributed by atoms with Gasteiger partial charge in [-0.05, 0) is 24.3 Å². The summed E-state index contributed by atoms with van der Waals surface area (Å²) < 4.78 is 10.7. The van der Waals surface area contributed by atoms with E-state index in [-0.39, 0.29) is 6.61 Å². The molecule has 0 amide bonds. The summed E-state index contributed by atoms with van der Waals surface area (Å²) in [6, 6.07) is 11.5. The maximum atomic E-state index is 9.26. The molecular formula is C19H17N3O3. The fourth-order valence-electron chi connectivity index (χ4n) is 2.92. The van der Waals surface area contributed by atoms with E-state index in [4.69, 9.17) is 9.47 Å². The van der Waals surface area contributed by atoms with Gasteiger partial charge in [0.2, 0.25) is 0 Å². The fraction of sp³-hybridized carbons (Fsp3) is 0.158. The van der Waals surface area contributed by atoms with Crippen LogP contribution in [0.5, 0.6) is 11.5 Å². The number of aliphatic hydroxyl groups is 1. The zero-order chi connectivity index (χ0) is 17.4. The van der Waals surface area contributed by atoms with Crippen LogP contribution in [0.15, 0.2) is 42.6 Å². The van der Waals surface area contributed by atoms with Crippen LogP contribution in [0, 0.1) is 0 Å². The van der Waals surface area contributed by atoms with Crippen LogP contribution in [0.25, 0.3) is 33.2 Å². The third-order valence-electron chi connectivity index (χ3n) is 4.20. The van der Waals surface area contributed by atoms with Crippen LogP contribution >= 0.6 is 0 Å². The lowest BCUT2D eigenvalue weighted by molar-refractivity contribution is 0.278. The molecule has 0 bridgehead atoms. The highest BCUT2D eigenvalue weighted by atomic mass is 16.5. The van der Waals surface area contributed by atoms with E-state index in [1.54, 1.807) is 20.4 Å². The molecule has 0 spiro atoms. The van der Waals surface area contributed by atoms with E-state index in [0.29, 0.717) is 17.3 Å². The average molecular weight is 335 g/mol. The molecule has 0 atom stereocenters. The number of aromatic nitrogens is 3. The Hall–Kier alpha value is -3.12. The molecule has 0 saturated heterocycles. The Balaban J connectivity index is 1.85. The van der Waals surface area contributed by atoms with Gasteiger partial charge in [-0.25, -0.2) is 9.97 Å². The van der Waals surface area contributed by atoms with Crippen molar-refractivity contribution in [3.63, 3.8) is 0 Å². The van der Waals surface area contributed by atoms with E-state index in [1.165, 1.54) is 0 Å². The number of rotatable bonds is 4. The number of fused-ring (bicyclic) bond motifs is 2. The van der Waals surface area contributed by atoms with Crippen molar-refractivity contribution in [2.24, 2.45) is 0 Å². The van der Waals surface area contributed by atoms with Crippen LogP contribution in [-0.4, -0.2) is 34.3 Å². The van der Waals surface area contributed by atoms with Crippen molar-refractivity contribution in [3.05, 3.63) is 48.3 Å². The van der Waals surface area contributed by atoms with E-state index >= 15 is 0 Å². The predicted molar refractivity (Wildman–Crippen MR) is 95.9 cm³/mol. The van der Waals surface area contributed by atoms with Crippen LogP contribution in [0.4, 0.5) is 0 Å². The zero-order valence-electron chi connectivity index (χ0n) is 13.9. The average Bonchev–Trinajstić information content (AvgIpc) is 3.08. The second-order valence-electron chi connectivity index (χ2n) is 5.71. The van der Waals surface area contributed by atoms with Crippen molar-refractivity contribution in [2.75, 3.05) is 14.2 Å². The van der Waals surface area contributed by atoms with Crippen molar-refractivity contribution in [3.8, 4) is 22.9 Å². The molecule has 2 heterocycles. The van der Waals surface area contributed by atoms with Gasteiger partial charge in [-0.15, -0.1) is 0 Å². The second-order valence-corrected chi connectivity index (χ2v) is 5.71. The molecule has 25 heavy (non-hydrogen) atoms. The van der Waals surface area contributed by atoms with Gasteiger partial charge in [0.1, 0.15) is 11.5 Å². The lowest BCUT2D eigenvalue weighted by Gasteiger charge is -2.09. The van der Waals surface area contributed by atoms with Gasteiger partial charge in [0, 0.05) is 40.5 Å². The van der Waals surface area contributed by atoms with Crippen molar-refractivity contribution in [1.82, 2.24) is 15.0 Å². The van der Waals surface area contributed by atoms with Gasteiger partial charge < -0.3 is 19.6 Å². The number of aromatic amines is 1. The molecule has 0 aliphatic heterocycles. The Morgan fingerprint density at radius 3 is 2.72 bits per heavy atom. The maximum Gasteiger partial charge on any atom is 0.159 e. The van der Waals surface area contributed by atoms with E-state index in [9.17, 15) is 5.11 Å². The van der Waals surface area contributed by atoms with Crippen LogP contribution < -0.4 is 9.47 Å². The minimum atomic E-state index is -0.0178. The highest BCUT2D eigenvalue weighted by Crippen LogP contribution is 2.31. The van der Waals surface area contributed by atoms with Gasteiger partial charge >= 0.3 is 0 Å². The number of nitrogens with zero attached hydrogens (tertiary/aromatic N) is 2. The standard InChI is InChI=1S/C19H17N3O3/c1-24-14-7-17-15(18(8-14)25-2)9-20-19(22-17)11-3-4-16-12(5-11)6-13(10-23)21-16/h3-9,21,23H,10H2,1-2H3. The second kappa shape index (κ2) is 6.07. The topological polar surface area (TPSA) is 80.3 Å². The van der Waals surface area contributed by atoms with E-state index in [1.807, 2.05) is 36.4 Å². The summed E-state index contributed by atoms with van der Waals surface area (Å²) in [6.45, 7) is -0.0178. The first-order valence-corrected chi connectivity index (χ1v) is 7.83. The molecule has 2 aromatic heterocycles. The zero-order valence-corrected chi connectivity index (χ0v) is 13.9. The fourth-order valence-corrected chi connectivity index (χ4v) is 2.92. The predicted octanol–water partition coefficient (Wildman–Crippen LogP) is 3.29. The molecule has 2 N–H and O–H groups in total. The van der Waals surface area contributed by atoms with Gasteiger partial charge in [0.15, 0.2) is 5.82 Å². The molecule has 0 unspecified atom stereocenters. The highest BCUT2D eigenvalue weighted by molar-refractivity contribution is 5.89. The van der Waals surface area contributed by atoms with Gasteiger partial charge in [-0.3, -0.25) is 0 Å².